The van der Waals surface area contributed by atoms with Gasteiger partial charge in [0.25, 0.3) is 0 Å². The molecule has 4 heteroatoms. The first-order valence-corrected chi connectivity index (χ1v) is 8.46. The fraction of sp³-hybridized carbons (Fsp3) is 0.182. The topological polar surface area (TPSA) is 9.23 Å². The molecule has 0 spiro atoms. The van der Waals surface area contributed by atoms with Crippen LogP contribution < -0.4 is 4.74 Å². The summed E-state index contributed by atoms with van der Waals surface area (Å²) in [5.41, 5.74) is 2.51. The van der Waals surface area contributed by atoms with Gasteiger partial charge in [0, 0.05) is 5.39 Å². The van der Waals surface area contributed by atoms with Crippen molar-refractivity contribution >= 4 is 16.8 Å². The number of hydrogen-bond donors (Lipinski definition) is 0. The number of alkyl halides is 2. The average Bonchev–Trinajstić information content (AvgIpc) is 2.62. The fourth-order valence-electron chi connectivity index (χ4n) is 3.02. The van der Waals surface area contributed by atoms with E-state index in [4.69, 9.17) is 0 Å². The molecular weight excluding hydrogens is 337 g/mol. The van der Waals surface area contributed by atoms with E-state index < -0.39 is 12.4 Å². The molecule has 1 nitrogen and oxygen atoms in total. The number of hydrogen-bond acceptors (Lipinski definition) is 1. The van der Waals surface area contributed by atoms with Crippen LogP contribution in [0.2, 0.25) is 0 Å². The van der Waals surface area contributed by atoms with Gasteiger partial charge < -0.3 is 4.74 Å². The summed E-state index contributed by atoms with van der Waals surface area (Å²) in [4.78, 5) is 0. The van der Waals surface area contributed by atoms with Crippen molar-refractivity contribution in [3.8, 4) is 16.9 Å². The minimum atomic E-state index is -3.03. The molecule has 3 aromatic carbocycles. The van der Waals surface area contributed by atoms with Crippen LogP contribution >= 0.6 is 0 Å². The Hall–Kier alpha value is -2.75. The molecule has 0 aromatic heterocycles. The number of aryl methyl sites for hydroxylation is 1. The molecule has 0 saturated heterocycles. The van der Waals surface area contributed by atoms with Crippen LogP contribution in [0.25, 0.3) is 28.0 Å². The number of allylic oxidation sites excluding steroid dienone is 1. The third kappa shape index (κ3) is 3.59. The maximum absolute atomic E-state index is 15.2. The molecule has 0 bridgehead atoms. The van der Waals surface area contributed by atoms with Gasteiger partial charge in [-0.15, -0.1) is 0 Å². The van der Waals surface area contributed by atoms with Crippen LogP contribution in [-0.4, -0.2) is 6.61 Å². The Labute approximate surface area is 150 Å². The summed E-state index contributed by atoms with van der Waals surface area (Å²) in [7, 11) is 0. The lowest BCUT2D eigenvalue weighted by molar-refractivity contribution is -0.0494. The monoisotopic (exact) mass is 356 g/mol. The highest BCUT2D eigenvalue weighted by molar-refractivity contribution is 5.93. The Kier molecular flexibility index (Phi) is 5.31. The third-order valence-electron chi connectivity index (χ3n) is 4.29. The van der Waals surface area contributed by atoms with Crippen molar-refractivity contribution in [1.29, 1.82) is 0 Å². The summed E-state index contributed by atoms with van der Waals surface area (Å²) < 4.78 is 45.7. The van der Waals surface area contributed by atoms with Crippen LogP contribution in [0.1, 0.15) is 25.0 Å². The van der Waals surface area contributed by atoms with E-state index in [0.29, 0.717) is 16.3 Å². The zero-order chi connectivity index (χ0) is 18.7. The van der Waals surface area contributed by atoms with Gasteiger partial charge in [-0.1, -0.05) is 55.5 Å². The van der Waals surface area contributed by atoms with Gasteiger partial charge in [-0.25, -0.2) is 4.39 Å². The predicted octanol–water partition coefficient (Wildman–Crippen LogP) is 6.84. The van der Waals surface area contributed by atoms with Crippen molar-refractivity contribution in [2.24, 2.45) is 0 Å². The lowest BCUT2D eigenvalue weighted by atomic mass is 9.96. The van der Waals surface area contributed by atoms with Gasteiger partial charge in [0.2, 0.25) is 0 Å². The Balaban J connectivity index is 2.24. The predicted molar refractivity (Wildman–Crippen MR) is 100 cm³/mol. The first kappa shape index (κ1) is 18.1. The Bertz CT molecular complexity index is 944. The Morgan fingerprint density at radius 1 is 1.04 bits per heavy atom. The average molecular weight is 356 g/mol. The number of benzene rings is 3. The Morgan fingerprint density at radius 2 is 1.77 bits per heavy atom. The maximum atomic E-state index is 15.2. The van der Waals surface area contributed by atoms with Crippen molar-refractivity contribution in [2.75, 3.05) is 0 Å². The molecule has 0 aliphatic heterocycles. The Morgan fingerprint density at radius 3 is 2.38 bits per heavy atom. The molecule has 134 valence electrons. The highest BCUT2D eigenvalue weighted by atomic mass is 19.3. The second-order valence-corrected chi connectivity index (χ2v) is 5.97. The summed E-state index contributed by atoms with van der Waals surface area (Å²) in [6, 6.07) is 13.9. The molecule has 0 atom stereocenters. The van der Waals surface area contributed by atoms with Crippen LogP contribution in [0.4, 0.5) is 13.2 Å². The molecule has 0 amide bonds. The highest BCUT2D eigenvalue weighted by Crippen LogP contribution is 2.39. The molecule has 3 rings (SSSR count). The van der Waals surface area contributed by atoms with Crippen LogP contribution in [0, 0.1) is 5.82 Å². The van der Waals surface area contributed by atoms with Gasteiger partial charge in [-0.2, -0.15) is 8.78 Å². The number of halogens is 3. The minimum Gasteiger partial charge on any atom is -0.434 e. The molecule has 0 radical (unpaired) electrons. The van der Waals surface area contributed by atoms with Crippen molar-refractivity contribution in [1.82, 2.24) is 0 Å². The first-order valence-electron chi connectivity index (χ1n) is 8.46. The van der Waals surface area contributed by atoms with E-state index in [1.807, 2.05) is 38.1 Å². The summed E-state index contributed by atoms with van der Waals surface area (Å²) >= 11 is 0. The van der Waals surface area contributed by atoms with Gasteiger partial charge in [0.15, 0.2) is 0 Å². The molecule has 0 fully saturated rings. The smallest absolute Gasteiger partial charge is 0.387 e. The number of rotatable bonds is 5. The standard InChI is InChI=1S/C22H19F3O/c1-3-5-15-8-11-18-17(12-15)13-19(26-22(24)25)20(21(18)23)16-9-6-14(4-2)7-10-16/h3,5-13,22H,4H2,1-2H3/b5-3+. The molecule has 0 unspecified atom stereocenters. The quantitative estimate of drug-likeness (QED) is 0.486. The van der Waals surface area contributed by atoms with Crippen molar-refractivity contribution in [3.63, 3.8) is 0 Å². The summed E-state index contributed by atoms with van der Waals surface area (Å²) in [6.45, 7) is 0.859. The van der Waals surface area contributed by atoms with E-state index in [2.05, 4.69) is 4.74 Å². The zero-order valence-corrected chi connectivity index (χ0v) is 14.6. The van der Waals surface area contributed by atoms with Gasteiger partial charge >= 0.3 is 6.61 Å². The van der Waals surface area contributed by atoms with E-state index in [-0.39, 0.29) is 11.3 Å². The molecule has 0 aliphatic rings. The van der Waals surface area contributed by atoms with E-state index in [0.717, 1.165) is 17.5 Å². The van der Waals surface area contributed by atoms with Gasteiger partial charge in [-0.3, -0.25) is 0 Å². The maximum Gasteiger partial charge on any atom is 0.387 e. The molecule has 0 aliphatic carbocycles. The first-order chi connectivity index (χ1) is 12.5. The molecule has 3 aromatic rings. The highest BCUT2D eigenvalue weighted by Gasteiger charge is 2.19. The molecular formula is C22H19F3O. The van der Waals surface area contributed by atoms with Crippen LogP contribution in [-0.2, 0) is 6.42 Å². The second-order valence-electron chi connectivity index (χ2n) is 5.97. The van der Waals surface area contributed by atoms with Crippen molar-refractivity contribution in [3.05, 3.63) is 71.6 Å². The largest absolute Gasteiger partial charge is 0.434 e. The summed E-state index contributed by atoms with van der Waals surface area (Å²) in [5.74, 6) is -0.721. The summed E-state index contributed by atoms with van der Waals surface area (Å²) in [5, 5.41) is 0.886. The zero-order valence-electron chi connectivity index (χ0n) is 14.6. The van der Waals surface area contributed by atoms with E-state index in [1.54, 1.807) is 30.3 Å². The SMILES string of the molecule is C/C=C/c1ccc2c(F)c(-c3ccc(CC)cc3)c(OC(F)F)cc2c1. The van der Waals surface area contributed by atoms with Gasteiger partial charge in [0.1, 0.15) is 11.6 Å². The van der Waals surface area contributed by atoms with Crippen LogP contribution in [0.5, 0.6) is 5.75 Å². The molecule has 0 N–H and O–H groups in total. The lowest BCUT2D eigenvalue weighted by Crippen LogP contribution is -2.04. The molecule has 26 heavy (non-hydrogen) atoms. The minimum absolute atomic E-state index is 0.0548. The van der Waals surface area contributed by atoms with Crippen molar-refractivity contribution in [2.45, 2.75) is 26.9 Å². The van der Waals surface area contributed by atoms with E-state index >= 15 is 4.39 Å². The number of fused-ring (bicyclic) bond motifs is 1. The fourth-order valence-corrected chi connectivity index (χ4v) is 3.02. The molecule has 0 saturated carbocycles. The summed E-state index contributed by atoms with van der Waals surface area (Å²) in [6.07, 6.45) is 4.56. The second kappa shape index (κ2) is 7.65. The van der Waals surface area contributed by atoms with Gasteiger partial charge in [0.05, 0.1) is 5.56 Å². The third-order valence-corrected chi connectivity index (χ3v) is 4.29. The van der Waals surface area contributed by atoms with E-state index in [1.165, 1.54) is 6.07 Å². The van der Waals surface area contributed by atoms with E-state index in [9.17, 15) is 8.78 Å². The van der Waals surface area contributed by atoms with Crippen molar-refractivity contribution < 1.29 is 17.9 Å². The molecule has 0 heterocycles. The normalized spacial score (nSPS) is 11.6. The van der Waals surface area contributed by atoms with Gasteiger partial charge in [-0.05, 0) is 47.6 Å². The van der Waals surface area contributed by atoms with Crippen LogP contribution in [0.15, 0.2) is 54.6 Å². The van der Waals surface area contributed by atoms with Crippen LogP contribution in [0.3, 0.4) is 0 Å². The lowest BCUT2D eigenvalue weighted by Gasteiger charge is -2.15. The number of ether oxygens (including phenoxy) is 1.